The summed E-state index contributed by atoms with van der Waals surface area (Å²) in [6.45, 7) is 8.92. The summed E-state index contributed by atoms with van der Waals surface area (Å²) in [5.41, 5.74) is 0.939. The van der Waals surface area contributed by atoms with E-state index in [1.807, 2.05) is 31.2 Å². The van der Waals surface area contributed by atoms with Gasteiger partial charge in [-0.05, 0) is 52.5 Å². The van der Waals surface area contributed by atoms with Crippen molar-refractivity contribution in [2.75, 3.05) is 13.2 Å². The number of unbranched alkanes of at least 4 members (excludes halogenated alkanes) is 2. The Bertz CT molecular complexity index is 861. The summed E-state index contributed by atoms with van der Waals surface area (Å²) < 4.78 is 5.30. The predicted molar refractivity (Wildman–Crippen MR) is 140 cm³/mol. The third kappa shape index (κ3) is 9.45. The van der Waals surface area contributed by atoms with Crippen LogP contribution in [0.1, 0.15) is 96.2 Å². The molecule has 36 heavy (non-hydrogen) atoms. The van der Waals surface area contributed by atoms with Crippen molar-refractivity contribution in [2.45, 2.75) is 110 Å². The van der Waals surface area contributed by atoms with Crippen molar-refractivity contribution in [2.24, 2.45) is 0 Å². The molecule has 2 atom stereocenters. The standard InChI is InChI=1S/C28H45N3O5/c1-6-7-11-17-31(26(34)23(19-32)30-27(35)36-28(3,4)5)24(21-14-12-13-20(2)18-21)25(33)29-22-15-9-8-10-16-22/h12-14,18,22-24,32H,6-11,15-17,19H2,1-5H3,(H,29,33)(H,30,35). The van der Waals surface area contributed by atoms with E-state index in [-0.39, 0.29) is 11.9 Å². The van der Waals surface area contributed by atoms with Crippen LogP contribution >= 0.6 is 0 Å². The van der Waals surface area contributed by atoms with Crippen LogP contribution in [0.4, 0.5) is 4.79 Å². The molecule has 8 nitrogen and oxygen atoms in total. The second-order valence-electron chi connectivity index (χ2n) is 10.8. The molecule has 0 saturated heterocycles. The molecule has 0 spiro atoms. The zero-order valence-electron chi connectivity index (χ0n) is 22.6. The maximum Gasteiger partial charge on any atom is 0.408 e. The van der Waals surface area contributed by atoms with Crippen molar-refractivity contribution in [3.63, 3.8) is 0 Å². The van der Waals surface area contributed by atoms with Gasteiger partial charge in [-0.1, -0.05) is 68.9 Å². The minimum Gasteiger partial charge on any atom is -0.444 e. The van der Waals surface area contributed by atoms with Gasteiger partial charge in [0.2, 0.25) is 11.8 Å². The van der Waals surface area contributed by atoms with E-state index in [1.54, 1.807) is 20.8 Å². The topological polar surface area (TPSA) is 108 Å². The molecule has 1 saturated carbocycles. The van der Waals surface area contributed by atoms with E-state index >= 15 is 0 Å². The summed E-state index contributed by atoms with van der Waals surface area (Å²) in [6, 6.07) is 5.58. The maximum absolute atomic E-state index is 13.8. The van der Waals surface area contributed by atoms with Crippen LogP contribution in [0.3, 0.4) is 0 Å². The van der Waals surface area contributed by atoms with Gasteiger partial charge in [-0.15, -0.1) is 0 Å². The van der Waals surface area contributed by atoms with Gasteiger partial charge < -0.3 is 25.4 Å². The first-order valence-electron chi connectivity index (χ1n) is 13.3. The van der Waals surface area contributed by atoms with E-state index in [2.05, 4.69) is 17.6 Å². The van der Waals surface area contributed by atoms with E-state index in [1.165, 1.54) is 11.3 Å². The van der Waals surface area contributed by atoms with Gasteiger partial charge in [0.05, 0.1) is 6.61 Å². The lowest BCUT2D eigenvalue weighted by Gasteiger charge is -2.35. The van der Waals surface area contributed by atoms with Crippen LogP contribution in [0.25, 0.3) is 0 Å². The second-order valence-corrected chi connectivity index (χ2v) is 10.8. The number of alkyl carbamates (subject to hydrolysis) is 1. The number of rotatable bonds is 11. The lowest BCUT2D eigenvalue weighted by atomic mass is 9.94. The summed E-state index contributed by atoms with van der Waals surface area (Å²) in [6.07, 6.45) is 6.92. The maximum atomic E-state index is 13.8. The van der Waals surface area contributed by atoms with Crippen LogP contribution in [0.5, 0.6) is 0 Å². The average molecular weight is 504 g/mol. The van der Waals surface area contributed by atoms with Gasteiger partial charge in [0.15, 0.2) is 0 Å². The minimum atomic E-state index is -1.23. The summed E-state index contributed by atoms with van der Waals surface area (Å²) >= 11 is 0. The number of hydrogen-bond acceptors (Lipinski definition) is 5. The number of aryl methyl sites for hydroxylation is 1. The van der Waals surface area contributed by atoms with Gasteiger partial charge in [-0.2, -0.15) is 0 Å². The third-order valence-corrected chi connectivity index (χ3v) is 6.33. The van der Waals surface area contributed by atoms with Crippen molar-refractivity contribution in [1.82, 2.24) is 15.5 Å². The van der Waals surface area contributed by atoms with Crippen LogP contribution in [-0.4, -0.2) is 58.8 Å². The Morgan fingerprint density at radius 3 is 2.42 bits per heavy atom. The molecule has 0 aromatic heterocycles. The van der Waals surface area contributed by atoms with E-state index in [9.17, 15) is 19.5 Å². The van der Waals surface area contributed by atoms with Crippen LogP contribution in [0.2, 0.25) is 0 Å². The summed E-state index contributed by atoms with van der Waals surface area (Å²) in [7, 11) is 0. The largest absolute Gasteiger partial charge is 0.444 e. The molecule has 3 N–H and O–H groups in total. The Labute approximate surface area is 216 Å². The molecule has 0 heterocycles. The number of carbonyl (C=O) groups excluding carboxylic acids is 3. The van der Waals surface area contributed by atoms with Crippen LogP contribution in [-0.2, 0) is 14.3 Å². The van der Waals surface area contributed by atoms with Crippen molar-refractivity contribution in [1.29, 1.82) is 0 Å². The lowest BCUT2D eigenvalue weighted by molar-refractivity contribution is -0.143. The number of aliphatic hydroxyl groups excluding tert-OH is 1. The van der Waals surface area contributed by atoms with Crippen molar-refractivity contribution in [3.8, 4) is 0 Å². The van der Waals surface area contributed by atoms with Crippen LogP contribution in [0.15, 0.2) is 24.3 Å². The Balaban J connectivity index is 2.39. The molecule has 2 rings (SSSR count). The SMILES string of the molecule is CCCCCN(C(=O)C(CO)NC(=O)OC(C)(C)C)C(C(=O)NC1CCCCC1)c1cccc(C)c1. The monoisotopic (exact) mass is 503 g/mol. The van der Waals surface area contributed by atoms with E-state index in [0.717, 1.165) is 44.1 Å². The van der Waals surface area contributed by atoms with Crippen molar-refractivity contribution >= 4 is 17.9 Å². The molecule has 0 bridgehead atoms. The quantitative estimate of drug-likeness (QED) is 0.388. The molecule has 1 aromatic carbocycles. The highest BCUT2D eigenvalue weighted by molar-refractivity contribution is 5.92. The summed E-state index contributed by atoms with van der Waals surface area (Å²) in [5, 5.41) is 15.7. The fourth-order valence-electron chi connectivity index (χ4n) is 4.57. The predicted octanol–water partition coefficient (Wildman–Crippen LogP) is 4.39. The highest BCUT2D eigenvalue weighted by atomic mass is 16.6. The summed E-state index contributed by atoms with van der Waals surface area (Å²) in [4.78, 5) is 41.4. The smallest absolute Gasteiger partial charge is 0.408 e. The van der Waals surface area contributed by atoms with Gasteiger partial charge >= 0.3 is 6.09 Å². The molecule has 1 aliphatic rings. The van der Waals surface area contributed by atoms with Gasteiger partial charge in [0.1, 0.15) is 17.7 Å². The minimum absolute atomic E-state index is 0.0830. The van der Waals surface area contributed by atoms with E-state index < -0.39 is 36.3 Å². The highest BCUT2D eigenvalue weighted by Crippen LogP contribution is 2.26. The van der Waals surface area contributed by atoms with Gasteiger partial charge in [-0.25, -0.2) is 4.79 Å². The molecule has 202 valence electrons. The third-order valence-electron chi connectivity index (χ3n) is 6.33. The zero-order valence-corrected chi connectivity index (χ0v) is 22.6. The fraction of sp³-hybridized carbons (Fsp3) is 0.679. The number of aliphatic hydroxyl groups is 1. The Morgan fingerprint density at radius 2 is 1.83 bits per heavy atom. The fourth-order valence-corrected chi connectivity index (χ4v) is 4.57. The molecule has 8 heteroatoms. The van der Waals surface area contributed by atoms with Gasteiger partial charge in [0, 0.05) is 12.6 Å². The molecule has 0 radical (unpaired) electrons. The normalized spacial score (nSPS) is 16.1. The van der Waals surface area contributed by atoms with Crippen molar-refractivity contribution < 1.29 is 24.2 Å². The number of nitrogens with one attached hydrogen (secondary N) is 2. The highest BCUT2D eigenvalue weighted by Gasteiger charge is 2.36. The summed E-state index contributed by atoms with van der Waals surface area (Å²) in [5.74, 6) is -0.740. The lowest BCUT2D eigenvalue weighted by Crippen LogP contribution is -2.55. The molecule has 0 aliphatic heterocycles. The Hall–Kier alpha value is -2.61. The molecular formula is C28H45N3O5. The zero-order chi connectivity index (χ0) is 26.7. The second kappa shape index (κ2) is 14.2. The Kier molecular flexibility index (Phi) is 11.7. The molecule has 2 unspecified atom stereocenters. The molecule has 3 amide bonds. The first-order valence-corrected chi connectivity index (χ1v) is 13.3. The average Bonchev–Trinajstić information content (AvgIpc) is 2.81. The van der Waals surface area contributed by atoms with Crippen molar-refractivity contribution in [3.05, 3.63) is 35.4 Å². The van der Waals surface area contributed by atoms with Crippen LogP contribution < -0.4 is 10.6 Å². The van der Waals surface area contributed by atoms with Gasteiger partial charge in [-0.3, -0.25) is 9.59 Å². The molecule has 1 fully saturated rings. The molecular weight excluding hydrogens is 458 g/mol. The Morgan fingerprint density at radius 1 is 1.14 bits per heavy atom. The number of nitrogens with zero attached hydrogens (tertiary/aromatic N) is 1. The molecule has 1 aromatic rings. The van der Waals surface area contributed by atoms with E-state index in [0.29, 0.717) is 18.5 Å². The first kappa shape index (κ1) is 29.6. The number of ether oxygens (including phenoxy) is 1. The van der Waals surface area contributed by atoms with E-state index in [4.69, 9.17) is 4.74 Å². The molecule has 1 aliphatic carbocycles. The number of carbonyl (C=O) groups is 3. The van der Waals surface area contributed by atoms with Gasteiger partial charge in [0.25, 0.3) is 0 Å². The van der Waals surface area contributed by atoms with Crippen LogP contribution in [0, 0.1) is 6.92 Å². The first-order chi connectivity index (χ1) is 17.1. The number of hydrogen-bond donors (Lipinski definition) is 3. The number of benzene rings is 1. The number of amides is 3.